The van der Waals surface area contributed by atoms with Crippen molar-refractivity contribution in [3.63, 3.8) is 0 Å². The van der Waals surface area contributed by atoms with E-state index in [1.165, 1.54) is 0 Å². The Morgan fingerprint density at radius 1 is 1.04 bits per heavy atom. The third-order valence-corrected chi connectivity index (χ3v) is 4.29. The fourth-order valence-electron chi connectivity index (χ4n) is 2.87. The highest BCUT2D eigenvalue weighted by Gasteiger charge is 2.18. The quantitative estimate of drug-likeness (QED) is 0.725. The predicted molar refractivity (Wildman–Crippen MR) is 100.0 cm³/mol. The average molecular weight is 334 g/mol. The summed E-state index contributed by atoms with van der Waals surface area (Å²) in [6, 6.07) is 19.5. The first-order valence-corrected chi connectivity index (χ1v) is 8.29. The molecule has 25 heavy (non-hydrogen) atoms. The van der Waals surface area contributed by atoms with Gasteiger partial charge in [-0.3, -0.25) is 4.79 Å². The maximum atomic E-state index is 12.6. The summed E-state index contributed by atoms with van der Waals surface area (Å²) in [5.41, 5.74) is 2.98. The molecule has 2 aromatic carbocycles. The number of carbonyl (C=O) groups excluding carboxylic acids is 1. The SMILES string of the molecule is COc1ccc(C(CC(=O)Nc2ccccc2C)n2cccc2)cc1. The molecule has 1 unspecified atom stereocenters. The van der Waals surface area contributed by atoms with E-state index in [-0.39, 0.29) is 11.9 Å². The first-order chi connectivity index (χ1) is 12.2. The average Bonchev–Trinajstić information content (AvgIpc) is 3.16. The number of para-hydroxylation sites is 1. The molecule has 0 bridgehead atoms. The second kappa shape index (κ2) is 7.71. The van der Waals surface area contributed by atoms with Crippen molar-refractivity contribution in [3.8, 4) is 5.75 Å². The van der Waals surface area contributed by atoms with E-state index in [0.29, 0.717) is 6.42 Å². The Bertz CT molecular complexity index is 823. The van der Waals surface area contributed by atoms with Crippen LogP contribution in [0.5, 0.6) is 5.75 Å². The molecule has 128 valence electrons. The van der Waals surface area contributed by atoms with Crippen molar-refractivity contribution < 1.29 is 9.53 Å². The number of rotatable bonds is 6. The highest BCUT2D eigenvalue weighted by molar-refractivity contribution is 5.92. The number of hydrogen-bond donors (Lipinski definition) is 1. The molecular weight excluding hydrogens is 312 g/mol. The summed E-state index contributed by atoms with van der Waals surface area (Å²) in [6.07, 6.45) is 4.32. The lowest BCUT2D eigenvalue weighted by Crippen LogP contribution is -2.20. The zero-order valence-electron chi connectivity index (χ0n) is 14.5. The van der Waals surface area contributed by atoms with Crippen molar-refractivity contribution in [2.75, 3.05) is 12.4 Å². The molecule has 3 aromatic rings. The van der Waals surface area contributed by atoms with Gasteiger partial charge in [-0.25, -0.2) is 0 Å². The molecule has 0 spiro atoms. The number of amides is 1. The molecular formula is C21H22N2O2. The van der Waals surface area contributed by atoms with Crippen LogP contribution in [0.15, 0.2) is 73.1 Å². The number of ether oxygens (including phenoxy) is 1. The smallest absolute Gasteiger partial charge is 0.226 e. The number of nitrogens with one attached hydrogen (secondary N) is 1. The van der Waals surface area contributed by atoms with E-state index < -0.39 is 0 Å². The van der Waals surface area contributed by atoms with Gasteiger partial charge in [0.2, 0.25) is 5.91 Å². The van der Waals surface area contributed by atoms with Crippen LogP contribution >= 0.6 is 0 Å². The zero-order valence-corrected chi connectivity index (χ0v) is 14.5. The molecule has 0 aliphatic rings. The predicted octanol–water partition coefficient (Wildman–Crippen LogP) is 4.42. The van der Waals surface area contributed by atoms with Gasteiger partial charge in [-0.15, -0.1) is 0 Å². The first-order valence-electron chi connectivity index (χ1n) is 8.29. The van der Waals surface area contributed by atoms with Crippen LogP contribution in [0.1, 0.15) is 23.6 Å². The van der Waals surface area contributed by atoms with Crippen molar-refractivity contribution in [3.05, 3.63) is 84.2 Å². The Kier molecular flexibility index (Phi) is 5.19. The second-order valence-corrected chi connectivity index (χ2v) is 5.99. The number of nitrogens with zero attached hydrogens (tertiary/aromatic N) is 1. The Hall–Kier alpha value is -3.01. The molecule has 1 heterocycles. The van der Waals surface area contributed by atoms with Crippen LogP contribution in [-0.4, -0.2) is 17.6 Å². The van der Waals surface area contributed by atoms with Gasteiger partial charge < -0.3 is 14.6 Å². The monoisotopic (exact) mass is 334 g/mol. The fraction of sp³-hybridized carbons (Fsp3) is 0.190. The summed E-state index contributed by atoms with van der Waals surface area (Å²) in [7, 11) is 1.65. The molecule has 3 rings (SSSR count). The van der Waals surface area contributed by atoms with Crippen molar-refractivity contribution >= 4 is 11.6 Å². The Morgan fingerprint density at radius 2 is 1.72 bits per heavy atom. The van der Waals surface area contributed by atoms with Gasteiger partial charge in [0.25, 0.3) is 0 Å². The van der Waals surface area contributed by atoms with Crippen LogP contribution in [-0.2, 0) is 4.79 Å². The largest absolute Gasteiger partial charge is 0.497 e. The Balaban J connectivity index is 1.80. The van der Waals surface area contributed by atoms with Crippen LogP contribution < -0.4 is 10.1 Å². The van der Waals surface area contributed by atoms with Crippen LogP contribution in [0.25, 0.3) is 0 Å². The lowest BCUT2D eigenvalue weighted by atomic mass is 10.0. The van der Waals surface area contributed by atoms with Gasteiger partial charge in [0.15, 0.2) is 0 Å². The minimum Gasteiger partial charge on any atom is -0.497 e. The normalized spacial score (nSPS) is 11.8. The van der Waals surface area contributed by atoms with Crippen LogP contribution in [0.2, 0.25) is 0 Å². The highest BCUT2D eigenvalue weighted by atomic mass is 16.5. The van der Waals surface area contributed by atoms with Crippen molar-refractivity contribution in [1.29, 1.82) is 0 Å². The lowest BCUT2D eigenvalue weighted by molar-refractivity contribution is -0.116. The van der Waals surface area contributed by atoms with Crippen LogP contribution in [0.3, 0.4) is 0 Å². The molecule has 0 aliphatic carbocycles. The summed E-state index contributed by atoms with van der Waals surface area (Å²) in [5.74, 6) is 0.795. The van der Waals surface area contributed by atoms with E-state index in [1.54, 1.807) is 7.11 Å². The van der Waals surface area contributed by atoms with E-state index in [4.69, 9.17) is 4.74 Å². The first kappa shape index (κ1) is 16.8. The maximum absolute atomic E-state index is 12.6. The molecule has 1 N–H and O–H groups in total. The van der Waals surface area contributed by atoms with E-state index in [2.05, 4.69) is 9.88 Å². The molecule has 1 aromatic heterocycles. The van der Waals surface area contributed by atoms with Gasteiger partial charge in [-0.1, -0.05) is 30.3 Å². The van der Waals surface area contributed by atoms with Crippen LogP contribution in [0, 0.1) is 6.92 Å². The molecule has 0 saturated carbocycles. The maximum Gasteiger partial charge on any atom is 0.226 e. The van der Waals surface area contributed by atoms with Gasteiger partial charge in [0.1, 0.15) is 5.75 Å². The molecule has 4 heteroatoms. The van der Waals surface area contributed by atoms with Crippen molar-refractivity contribution in [1.82, 2.24) is 4.57 Å². The number of carbonyl (C=O) groups is 1. The van der Waals surface area contributed by atoms with Gasteiger partial charge in [-0.05, 0) is 48.4 Å². The van der Waals surface area contributed by atoms with Gasteiger partial charge in [0.05, 0.1) is 19.6 Å². The van der Waals surface area contributed by atoms with E-state index in [0.717, 1.165) is 22.6 Å². The molecule has 1 atom stereocenters. The third-order valence-electron chi connectivity index (χ3n) is 4.29. The van der Waals surface area contributed by atoms with Gasteiger partial charge in [-0.2, -0.15) is 0 Å². The number of methoxy groups -OCH3 is 1. The van der Waals surface area contributed by atoms with Gasteiger partial charge >= 0.3 is 0 Å². The standard InChI is InChI=1S/C21H22N2O2/c1-16-7-3-4-8-19(16)22-21(24)15-20(23-13-5-6-14-23)17-9-11-18(25-2)12-10-17/h3-14,20H,15H2,1-2H3,(H,22,24). The second-order valence-electron chi connectivity index (χ2n) is 5.99. The van der Waals surface area contributed by atoms with Crippen LogP contribution in [0.4, 0.5) is 5.69 Å². The Labute approximate surface area is 148 Å². The molecule has 0 fully saturated rings. The summed E-state index contributed by atoms with van der Waals surface area (Å²) < 4.78 is 7.28. The summed E-state index contributed by atoms with van der Waals surface area (Å²) >= 11 is 0. The van der Waals surface area contributed by atoms with E-state index in [9.17, 15) is 4.79 Å². The topological polar surface area (TPSA) is 43.3 Å². The molecule has 0 radical (unpaired) electrons. The molecule has 4 nitrogen and oxygen atoms in total. The van der Waals surface area contributed by atoms with E-state index >= 15 is 0 Å². The fourth-order valence-corrected chi connectivity index (χ4v) is 2.87. The summed E-state index contributed by atoms with van der Waals surface area (Å²) in [4.78, 5) is 12.6. The number of hydrogen-bond acceptors (Lipinski definition) is 2. The van der Waals surface area contributed by atoms with Crippen molar-refractivity contribution in [2.45, 2.75) is 19.4 Å². The van der Waals surface area contributed by atoms with Gasteiger partial charge in [0, 0.05) is 18.1 Å². The number of aryl methyl sites for hydroxylation is 1. The number of benzene rings is 2. The van der Waals surface area contributed by atoms with E-state index in [1.807, 2.05) is 80.0 Å². The van der Waals surface area contributed by atoms with Crippen molar-refractivity contribution in [2.24, 2.45) is 0 Å². The lowest BCUT2D eigenvalue weighted by Gasteiger charge is -2.20. The Morgan fingerprint density at radius 3 is 2.36 bits per heavy atom. The molecule has 0 aliphatic heterocycles. The third kappa shape index (κ3) is 4.10. The summed E-state index contributed by atoms with van der Waals surface area (Å²) in [6.45, 7) is 1.99. The molecule has 0 saturated heterocycles. The minimum atomic E-state index is -0.0649. The number of aromatic nitrogens is 1. The highest BCUT2D eigenvalue weighted by Crippen LogP contribution is 2.25. The molecule has 1 amide bonds. The minimum absolute atomic E-state index is 0.0104. The number of anilines is 1. The summed E-state index contributed by atoms with van der Waals surface area (Å²) in [5, 5.41) is 3.02. The zero-order chi connectivity index (χ0) is 17.6.